The maximum absolute atomic E-state index is 12.2. The third-order valence-electron chi connectivity index (χ3n) is 3.95. The van der Waals surface area contributed by atoms with Crippen molar-refractivity contribution in [3.63, 3.8) is 0 Å². The Morgan fingerprint density at radius 1 is 1.46 bits per heavy atom. The number of amides is 2. The standard InChI is InChI=1S/C15H20N6O2S/c1-10-18-11(2)21(19-10)6-3-4-16-14(23)12-8-13(22)20(9-12)15-17-5-7-24-15/h5,7,12H,3-4,6,8-9H2,1-2H3,(H,16,23). The van der Waals surface area contributed by atoms with Crippen molar-refractivity contribution in [3.8, 4) is 0 Å². The second-order valence-electron chi connectivity index (χ2n) is 5.79. The number of nitrogens with zero attached hydrogens (tertiary/aromatic N) is 5. The van der Waals surface area contributed by atoms with E-state index in [1.165, 1.54) is 11.3 Å². The highest BCUT2D eigenvalue weighted by molar-refractivity contribution is 7.13. The van der Waals surface area contributed by atoms with Gasteiger partial charge in [-0.1, -0.05) is 0 Å². The zero-order chi connectivity index (χ0) is 17.1. The normalized spacial score (nSPS) is 17.5. The first-order valence-electron chi connectivity index (χ1n) is 7.90. The molecule has 0 radical (unpaired) electrons. The summed E-state index contributed by atoms with van der Waals surface area (Å²) in [6, 6.07) is 0. The van der Waals surface area contributed by atoms with Crippen LogP contribution in [-0.2, 0) is 16.1 Å². The molecule has 1 N–H and O–H groups in total. The molecule has 0 aromatic carbocycles. The van der Waals surface area contributed by atoms with Crippen molar-refractivity contribution in [1.82, 2.24) is 25.1 Å². The minimum absolute atomic E-state index is 0.0428. The summed E-state index contributed by atoms with van der Waals surface area (Å²) in [5.74, 6) is 1.20. The monoisotopic (exact) mass is 348 g/mol. The number of thiazole rings is 1. The summed E-state index contributed by atoms with van der Waals surface area (Å²) in [5, 5.41) is 9.68. The number of carbonyl (C=O) groups excluding carboxylic acids is 2. The second-order valence-corrected chi connectivity index (χ2v) is 6.67. The van der Waals surface area contributed by atoms with Gasteiger partial charge in [0, 0.05) is 37.6 Å². The van der Waals surface area contributed by atoms with Gasteiger partial charge in [-0.3, -0.25) is 19.2 Å². The Kier molecular flexibility index (Phi) is 4.89. The van der Waals surface area contributed by atoms with Crippen molar-refractivity contribution in [2.24, 2.45) is 5.92 Å². The minimum atomic E-state index is -0.309. The number of hydrogen-bond donors (Lipinski definition) is 1. The van der Waals surface area contributed by atoms with Crippen LogP contribution in [0.2, 0.25) is 0 Å². The number of rotatable bonds is 6. The molecule has 3 rings (SSSR count). The lowest BCUT2D eigenvalue weighted by Gasteiger charge is -2.13. The molecule has 1 unspecified atom stereocenters. The van der Waals surface area contributed by atoms with Crippen LogP contribution in [-0.4, -0.2) is 44.7 Å². The third kappa shape index (κ3) is 3.61. The molecule has 2 amide bonds. The van der Waals surface area contributed by atoms with E-state index in [0.717, 1.165) is 18.1 Å². The molecule has 2 aromatic rings. The average Bonchev–Trinajstić information content (AvgIpc) is 3.24. The van der Waals surface area contributed by atoms with Crippen LogP contribution < -0.4 is 10.2 Å². The van der Waals surface area contributed by atoms with Crippen molar-refractivity contribution in [2.45, 2.75) is 33.2 Å². The molecule has 0 aliphatic carbocycles. The minimum Gasteiger partial charge on any atom is -0.356 e. The topological polar surface area (TPSA) is 93.0 Å². The summed E-state index contributed by atoms with van der Waals surface area (Å²) in [6.07, 6.45) is 2.67. The van der Waals surface area contributed by atoms with Gasteiger partial charge >= 0.3 is 0 Å². The molecule has 0 spiro atoms. The molecule has 24 heavy (non-hydrogen) atoms. The van der Waals surface area contributed by atoms with E-state index in [1.54, 1.807) is 11.1 Å². The lowest BCUT2D eigenvalue weighted by atomic mass is 10.1. The van der Waals surface area contributed by atoms with E-state index in [1.807, 2.05) is 23.9 Å². The lowest BCUT2D eigenvalue weighted by Crippen LogP contribution is -2.33. The maximum atomic E-state index is 12.2. The van der Waals surface area contributed by atoms with Gasteiger partial charge in [0.2, 0.25) is 11.8 Å². The molecule has 128 valence electrons. The van der Waals surface area contributed by atoms with Crippen molar-refractivity contribution >= 4 is 28.3 Å². The van der Waals surface area contributed by atoms with Crippen LogP contribution in [0.5, 0.6) is 0 Å². The van der Waals surface area contributed by atoms with E-state index in [4.69, 9.17) is 0 Å². The Labute approximate surface area is 143 Å². The molecule has 1 aliphatic heterocycles. The fourth-order valence-corrected chi connectivity index (χ4v) is 3.44. The predicted octanol–water partition coefficient (Wildman–Crippen LogP) is 0.911. The summed E-state index contributed by atoms with van der Waals surface area (Å²) in [7, 11) is 0. The fourth-order valence-electron chi connectivity index (χ4n) is 2.78. The molecule has 2 aromatic heterocycles. The van der Waals surface area contributed by atoms with E-state index in [0.29, 0.717) is 24.8 Å². The summed E-state index contributed by atoms with van der Waals surface area (Å²) in [5.41, 5.74) is 0. The Bertz CT molecular complexity index is 726. The summed E-state index contributed by atoms with van der Waals surface area (Å²) in [4.78, 5) is 34.3. The van der Waals surface area contributed by atoms with Crippen molar-refractivity contribution in [3.05, 3.63) is 23.2 Å². The molecule has 1 atom stereocenters. The van der Waals surface area contributed by atoms with Gasteiger partial charge in [0.05, 0.1) is 5.92 Å². The van der Waals surface area contributed by atoms with Crippen LogP contribution >= 0.6 is 11.3 Å². The van der Waals surface area contributed by atoms with Gasteiger partial charge in [0.1, 0.15) is 11.6 Å². The number of anilines is 1. The molecule has 8 nitrogen and oxygen atoms in total. The van der Waals surface area contributed by atoms with Crippen molar-refractivity contribution < 1.29 is 9.59 Å². The Balaban J connectivity index is 1.44. The smallest absolute Gasteiger partial charge is 0.229 e. The molecular formula is C15H20N6O2S. The van der Waals surface area contributed by atoms with E-state index in [-0.39, 0.29) is 24.2 Å². The first-order chi connectivity index (χ1) is 11.5. The predicted molar refractivity (Wildman–Crippen MR) is 89.7 cm³/mol. The molecule has 9 heteroatoms. The molecule has 1 aliphatic rings. The van der Waals surface area contributed by atoms with E-state index < -0.39 is 0 Å². The largest absolute Gasteiger partial charge is 0.356 e. The van der Waals surface area contributed by atoms with E-state index in [9.17, 15) is 9.59 Å². The van der Waals surface area contributed by atoms with Gasteiger partial charge in [-0.2, -0.15) is 5.10 Å². The number of carbonyl (C=O) groups is 2. The second kappa shape index (κ2) is 7.08. The van der Waals surface area contributed by atoms with E-state index in [2.05, 4.69) is 20.4 Å². The highest BCUT2D eigenvalue weighted by Crippen LogP contribution is 2.26. The van der Waals surface area contributed by atoms with Crippen LogP contribution in [0, 0.1) is 19.8 Å². The van der Waals surface area contributed by atoms with Crippen LogP contribution in [0.15, 0.2) is 11.6 Å². The quantitative estimate of drug-likeness (QED) is 0.783. The Hall–Kier alpha value is -2.29. The van der Waals surface area contributed by atoms with Crippen LogP contribution in [0.4, 0.5) is 5.13 Å². The summed E-state index contributed by atoms with van der Waals surface area (Å²) in [6.45, 7) is 5.44. The van der Waals surface area contributed by atoms with Crippen molar-refractivity contribution in [1.29, 1.82) is 0 Å². The maximum Gasteiger partial charge on any atom is 0.229 e. The number of nitrogens with one attached hydrogen (secondary N) is 1. The lowest BCUT2D eigenvalue weighted by molar-refractivity contribution is -0.126. The van der Waals surface area contributed by atoms with Gasteiger partial charge < -0.3 is 5.32 Å². The Morgan fingerprint density at radius 2 is 2.29 bits per heavy atom. The number of aromatic nitrogens is 4. The number of hydrogen-bond acceptors (Lipinski definition) is 6. The fraction of sp³-hybridized carbons (Fsp3) is 0.533. The van der Waals surface area contributed by atoms with Gasteiger partial charge in [0.15, 0.2) is 5.13 Å². The van der Waals surface area contributed by atoms with Gasteiger partial charge in [-0.15, -0.1) is 11.3 Å². The van der Waals surface area contributed by atoms with Crippen molar-refractivity contribution in [2.75, 3.05) is 18.0 Å². The van der Waals surface area contributed by atoms with Gasteiger partial charge in [0.25, 0.3) is 0 Å². The molecule has 1 saturated heterocycles. The average molecular weight is 348 g/mol. The van der Waals surface area contributed by atoms with Gasteiger partial charge in [-0.25, -0.2) is 9.97 Å². The number of aryl methyl sites for hydroxylation is 3. The zero-order valence-electron chi connectivity index (χ0n) is 13.7. The summed E-state index contributed by atoms with van der Waals surface area (Å²) < 4.78 is 1.84. The Morgan fingerprint density at radius 3 is 2.96 bits per heavy atom. The van der Waals surface area contributed by atoms with Crippen LogP contribution in [0.3, 0.4) is 0 Å². The summed E-state index contributed by atoms with van der Waals surface area (Å²) >= 11 is 1.41. The first-order valence-corrected chi connectivity index (χ1v) is 8.78. The zero-order valence-corrected chi connectivity index (χ0v) is 14.5. The van der Waals surface area contributed by atoms with Crippen LogP contribution in [0.25, 0.3) is 0 Å². The molecule has 3 heterocycles. The highest BCUT2D eigenvalue weighted by atomic mass is 32.1. The van der Waals surface area contributed by atoms with Crippen LogP contribution in [0.1, 0.15) is 24.5 Å². The van der Waals surface area contributed by atoms with E-state index >= 15 is 0 Å². The molecule has 0 bridgehead atoms. The third-order valence-corrected chi connectivity index (χ3v) is 4.75. The molecule has 0 saturated carbocycles. The highest BCUT2D eigenvalue weighted by Gasteiger charge is 2.35. The molecule has 1 fully saturated rings. The SMILES string of the molecule is Cc1nc(C)n(CCCNC(=O)C2CC(=O)N(c3nccs3)C2)n1. The molecular weight excluding hydrogens is 328 g/mol. The van der Waals surface area contributed by atoms with Gasteiger partial charge in [-0.05, 0) is 20.3 Å². The first kappa shape index (κ1) is 16.6.